The van der Waals surface area contributed by atoms with Crippen molar-refractivity contribution in [3.63, 3.8) is 0 Å². The van der Waals surface area contributed by atoms with E-state index in [1.807, 2.05) is 0 Å². The van der Waals surface area contributed by atoms with E-state index in [0.29, 0.717) is 15.1 Å². The molecule has 0 aromatic heterocycles. The Labute approximate surface area is 156 Å². The molecule has 1 N–H and O–H groups in total. The lowest BCUT2D eigenvalue weighted by Crippen LogP contribution is -2.16. The normalized spacial score (nSPS) is 10.2. The molecule has 2 rings (SSSR count). The molecule has 9 heteroatoms. The van der Waals surface area contributed by atoms with Gasteiger partial charge in [0.15, 0.2) is 0 Å². The fraction of sp³-hybridized carbons (Fsp3) is 0.125. The van der Waals surface area contributed by atoms with E-state index in [2.05, 4.69) is 21.2 Å². The molecule has 0 unspecified atom stereocenters. The number of nitrogens with one attached hydrogen (secondary N) is 1. The molecule has 0 fully saturated rings. The minimum atomic E-state index is -0.564. The van der Waals surface area contributed by atoms with Gasteiger partial charge in [-0.1, -0.05) is 6.07 Å². The van der Waals surface area contributed by atoms with Gasteiger partial charge >= 0.3 is 0 Å². The van der Waals surface area contributed by atoms with Gasteiger partial charge in [0.2, 0.25) is 0 Å². The van der Waals surface area contributed by atoms with Crippen LogP contribution in [-0.2, 0) is 0 Å². The highest BCUT2D eigenvalue weighted by atomic mass is 79.9. The summed E-state index contributed by atoms with van der Waals surface area (Å²) in [5.41, 5.74) is 0.470. The number of rotatable bonds is 4. The molecule has 0 aliphatic heterocycles. The average Bonchev–Trinajstić information content (AvgIpc) is 2.55. The lowest BCUT2D eigenvalue weighted by Gasteiger charge is -2.10. The van der Waals surface area contributed by atoms with Gasteiger partial charge in [0.05, 0.1) is 9.40 Å². The van der Waals surface area contributed by atoms with Gasteiger partial charge in [-0.25, -0.2) is 0 Å². The van der Waals surface area contributed by atoms with E-state index >= 15 is 0 Å². The largest absolute Gasteiger partial charge is 0.339 e. The smallest absolute Gasteiger partial charge is 0.285 e. The Morgan fingerprint density at radius 2 is 1.92 bits per heavy atom. The Balaban J connectivity index is 2.17. The number of nitro benzene ring substituents is 1. The number of carbonyl (C=O) groups excluding carboxylic acids is 2. The first-order valence-corrected chi connectivity index (χ1v) is 8.63. The van der Waals surface area contributed by atoms with Gasteiger partial charge in [0, 0.05) is 36.3 Å². The summed E-state index contributed by atoms with van der Waals surface area (Å²) in [6.07, 6.45) is 0. The van der Waals surface area contributed by atoms with Crippen LogP contribution in [0.1, 0.15) is 10.4 Å². The van der Waals surface area contributed by atoms with Gasteiger partial charge in [-0.15, -0.1) is 0 Å². The van der Waals surface area contributed by atoms with Crippen LogP contribution in [-0.4, -0.2) is 35.1 Å². The summed E-state index contributed by atoms with van der Waals surface area (Å²) in [6.45, 7) is 0. The molecular formula is C16H14BrN3O4S. The lowest BCUT2D eigenvalue weighted by atomic mass is 10.2. The Bertz CT molecular complexity index is 842. The number of carbonyl (C=O) groups is 2. The SMILES string of the molecule is CN(C)C(=O)Sc1cccc(NC(=O)c2ccc(Br)c([N+](=O)[O-])c2)c1. The summed E-state index contributed by atoms with van der Waals surface area (Å²) in [7, 11) is 3.31. The predicted molar refractivity (Wildman–Crippen MR) is 100 cm³/mol. The molecule has 0 saturated heterocycles. The predicted octanol–water partition coefficient (Wildman–Crippen LogP) is 4.38. The molecule has 0 heterocycles. The minimum absolute atomic E-state index is 0.132. The number of halogens is 1. The number of anilines is 1. The van der Waals surface area contributed by atoms with Gasteiger partial charge in [-0.2, -0.15) is 0 Å². The van der Waals surface area contributed by atoms with Gasteiger partial charge in [-0.05, 0) is 58.0 Å². The van der Waals surface area contributed by atoms with Crippen molar-refractivity contribution >= 4 is 50.2 Å². The molecule has 2 aromatic carbocycles. The zero-order chi connectivity index (χ0) is 18.6. The molecule has 0 aliphatic rings. The van der Waals surface area contributed by atoms with Crippen molar-refractivity contribution in [2.24, 2.45) is 0 Å². The number of hydrogen-bond acceptors (Lipinski definition) is 5. The summed E-state index contributed by atoms with van der Waals surface area (Å²) >= 11 is 4.12. The molecule has 0 atom stereocenters. The molecule has 0 saturated carbocycles. The number of nitrogens with zero attached hydrogens (tertiary/aromatic N) is 2. The van der Waals surface area contributed by atoms with Crippen LogP contribution in [0.5, 0.6) is 0 Å². The zero-order valence-corrected chi connectivity index (χ0v) is 15.8. The van der Waals surface area contributed by atoms with Crippen LogP contribution in [0.3, 0.4) is 0 Å². The van der Waals surface area contributed by atoms with Crippen molar-refractivity contribution in [2.75, 3.05) is 19.4 Å². The van der Waals surface area contributed by atoms with Crippen molar-refractivity contribution in [2.45, 2.75) is 4.90 Å². The van der Waals surface area contributed by atoms with Crippen molar-refractivity contribution in [3.05, 3.63) is 62.6 Å². The third-order valence-corrected chi connectivity index (χ3v) is 4.77. The molecular weight excluding hydrogens is 410 g/mol. The molecule has 2 aromatic rings. The van der Waals surface area contributed by atoms with Crippen molar-refractivity contribution < 1.29 is 14.5 Å². The highest BCUT2D eigenvalue weighted by molar-refractivity contribution is 9.10. The number of benzene rings is 2. The number of amides is 2. The van der Waals surface area contributed by atoms with Gasteiger partial charge in [0.1, 0.15) is 0 Å². The maximum Gasteiger partial charge on any atom is 0.285 e. The maximum absolute atomic E-state index is 12.3. The van der Waals surface area contributed by atoms with Crippen LogP contribution >= 0.6 is 27.7 Å². The summed E-state index contributed by atoms with van der Waals surface area (Å²) in [5, 5.41) is 13.5. The second-order valence-corrected chi connectivity index (χ2v) is 7.05. The van der Waals surface area contributed by atoms with Crippen LogP contribution in [0.2, 0.25) is 0 Å². The van der Waals surface area contributed by atoms with Crippen molar-refractivity contribution in [1.82, 2.24) is 4.90 Å². The van der Waals surface area contributed by atoms with E-state index in [1.165, 1.54) is 23.1 Å². The Kier molecular flexibility index (Phi) is 6.16. The fourth-order valence-corrected chi connectivity index (χ4v) is 2.93. The van der Waals surface area contributed by atoms with Gasteiger partial charge in [-0.3, -0.25) is 19.7 Å². The van der Waals surface area contributed by atoms with Crippen LogP contribution in [0.15, 0.2) is 51.8 Å². The molecule has 0 radical (unpaired) electrons. The number of hydrogen-bond donors (Lipinski definition) is 1. The number of nitro groups is 1. The van der Waals surface area contributed by atoms with E-state index in [0.717, 1.165) is 11.8 Å². The summed E-state index contributed by atoms with van der Waals surface area (Å²) in [5.74, 6) is -0.475. The molecule has 25 heavy (non-hydrogen) atoms. The lowest BCUT2D eigenvalue weighted by molar-refractivity contribution is -0.385. The molecule has 0 aliphatic carbocycles. The van der Waals surface area contributed by atoms with Crippen LogP contribution in [0.25, 0.3) is 0 Å². The summed E-state index contributed by atoms with van der Waals surface area (Å²) in [6, 6.07) is 11.0. The standard InChI is InChI=1S/C16H14BrN3O4S/c1-19(2)16(22)25-12-5-3-4-11(9-12)18-15(21)10-6-7-13(17)14(8-10)20(23)24/h3-9H,1-2H3,(H,18,21). The van der Waals surface area contributed by atoms with E-state index in [9.17, 15) is 19.7 Å². The van der Waals surface area contributed by atoms with E-state index in [1.54, 1.807) is 38.4 Å². The monoisotopic (exact) mass is 423 g/mol. The van der Waals surface area contributed by atoms with Gasteiger partial charge in [0.25, 0.3) is 16.8 Å². The Morgan fingerprint density at radius 3 is 2.56 bits per heavy atom. The third-order valence-electron chi connectivity index (χ3n) is 3.07. The second-order valence-electron chi connectivity index (χ2n) is 5.17. The highest BCUT2D eigenvalue weighted by Gasteiger charge is 2.16. The molecule has 2 amide bonds. The zero-order valence-electron chi connectivity index (χ0n) is 13.4. The molecule has 0 bridgehead atoms. The maximum atomic E-state index is 12.3. The van der Waals surface area contributed by atoms with E-state index in [4.69, 9.17) is 0 Å². The van der Waals surface area contributed by atoms with Crippen LogP contribution in [0, 0.1) is 10.1 Å². The second kappa shape index (κ2) is 8.13. The van der Waals surface area contributed by atoms with E-state index < -0.39 is 10.8 Å². The topological polar surface area (TPSA) is 92.6 Å². The highest BCUT2D eigenvalue weighted by Crippen LogP contribution is 2.27. The first-order valence-electron chi connectivity index (χ1n) is 7.02. The quantitative estimate of drug-likeness (QED) is 0.447. The Hall–Kier alpha value is -2.39. The first kappa shape index (κ1) is 18.9. The molecule has 0 spiro atoms. The fourth-order valence-electron chi connectivity index (χ4n) is 1.83. The average molecular weight is 424 g/mol. The Morgan fingerprint density at radius 1 is 1.20 bits per heavy atom. The molecule has 7 nitrogen and oxygen atoms in total. The number of thioether (sulfide) groups is 1. The summed E-state index contributed by atoms with van der Waals surface area (Å²) in [4.78, 5) is 36.6. The molecule has 130 valence electrons. The first-order chi connectivity index (χ1) is 11.8. The summed E-state index contributed by atoms with van der Waals surface area (Å²) < 4.78 is 0.301. The van der Waals surface area contributed by atoms with Crippen LogP contribution < -0.4 is 5.32 Å². The van der Waals surface area contributed by atoms with Crippen molar-refractivity contribution in [1.29, 1.82) is 0 Å². The minimum Gasteiger partial charge on any atom is -0.339 e. The van der Waals surface area contributed by atoms with E-state index in [-0.39, 0.29) is 16.5 Å². The van der Waals surface area contributed by atoms with Crippen LogP contribution in [0.4, 0.5) is 16.2 Å². The van der Waals surface area contributed by atoms with Gasteiger partial charge < -0.3 is 10.2 Å². The third kappa shape index (κ3) is 5.04. The van der Waals surface area contributed by atoms with Crippen molar-refractivity contribution in [3.8, 4) is 0 Å².